The number of hydrogen-bond acceptors (Lipinski definition) is 3. The topological polar surface area (TPSA) is 27.7 Å². The van der Waals surface area contributed by atoms with E-state index in [2.05, 4.69) is 64.3 Å². The molecular formula is C20H30O3Si2. The lowest BCUT2D eigenvalue weighted by Crippen LogP contribution is -2.51. The van der Waals surface area contributed by atoms with Gasteiger partial charge in [-0.25, -0.2) is 0 Å². The Balaban J connectivity index is 1.85. The molecule has 2 rings (SSSR count). The molecule has 0 spiro atoms. The van der Waals surface area contributed by atoms with Crippen molar-refractivity contribution in [2.45, 2.75) is 40.0 Å². The van der Waals surface area contributed by atoms with Crippen molar-refractivity contribution in [1.29, 1.82) is 0 Å². The zero-order valence-electron chi connectivity index (χ0n) is 16.3. The molecule has 0 unspecified atom stereocenters. The van der Waals surface area contributed by atoms with Gasteiger partial charge in [-0.1, -0.05) is 35.4 Å². The van der Waals surface area contributed by atoms with Crippen molar-refractivity contribution in [3.63, 3.8) is 0 Å². The Morgan fingerprint density at radius 3 is 1.24 bits per heavy atom. The lowest BCUT2D eigenvalue weighted by Gasteiger charge is -2.33. The maximum Gasteiger partial charge on any atom is 0.213 e. The van der Waals surface area contributed by atoms with E-state index in [9.17, 15) is 0 Å². The molecule has 0 atom stereocenters. The third kappa shape index (κ3) is 7.06. The van der Waals surface area contributed by atoms with Crippen LogP contribution in [-0.4, -0.2) is 29.1 Å². The van der Waals surface area contributed by atoms with Crippen LogP contribution in [0.15, 0.2) is 48.5 Å². The highest BCUT2D eigenvalue weighted by atomic mass is 28.4. The molecule has 2 aromatic carbocycles. The van der Waals surface area contributed by atoms with Gasteiger partial charge < -0.3 is 13.6 Å². The number of aryl methyl sites for hydroxylation is 2. The highest BCUT2D eigenvalue weighted by Crippen LogP contribution is 2.19. The maximum atomic E-state index is 6.54. The van der Waals surface area contributed by atoms with Crippen LogP contribution in [-0.2, 0) is 4.12 Å². The molecule has 0 aliphatic rings. The number of rotatable bonds is 8. The zero-order valence-corrected chi connectivity index (χ0v) is 18.3. The number of ether oxygens (including phenoxy) is 2. The van der Waals surface area contributed by atoms with Gasteiger partial charge in [-0.2, -0.15) is 0 Å². The van der Waals surface area contributed by atoms with Gasteiger partial charge in [0.05, 0.1) is 0 Å². The van der Waals surface area contributed by atoms with Crippen molar-refractivity contribution in [2.75, 3.05) is 12.5 Å². The Kier molecular flexibility index (Phi) is 6.49. The Morgan fingerprint density at radius 2 is 0.920 bits per heavy atom. The Morgan fingerprint density at radius 1 is 0.600 bits per heavy atom. The molecule has 0 radical (unpaired) electrons. The summed E-state index contributed by atoms with van der Waals surface area (Å²) in [6.07, 6.45) is 1.30. The summed E-state index contributed by atoms with van der Waals surface area (Å²) in [5.74, 6) is 1.82. The zero-order chi connectivity index (χ0) is 18.5. The van der Waals surface area contributed by atoms with Crippen LogP contribution in [0.3, 0.4) is 0 Å². The minimum absolute atomic E-state index is 0.650. The summed E-state index contributed by atoms with van der Waals surface area (Å²) in [5.41, 5.74) is 2.48. The first-order valence-corrected chi connectivity index (χ1v) is 15.0. The number of benzene rings is 2. The lowest BCUT2D eigenvalue weighted by molar-refractivity contribution is 0.329. The quantitative estimate of drug-likeness (QED) is 0.589. The smallest absolute Gasteiger partial charge is 0.213 e. The molecule has 0 aliphatic carbocycles. The van der Waals surface area contributed by atoms with E-state index in [-0.39, 0.29) is 0 Å². The van der Waals surface area contributed by atoms with Gasteiger partial charge in [0, 0.05) is 0 Å². The first-order valence-electron chi connectivity index (χ1n) is 8.74. The molecule has 136 valence electrons. The van der Waals surface area contributed by atoms with E-state index < -0.39 is 16.6 Å². The van der Waals surface area contributed by atoms with Crippen molar-refractivity contribution in [3.8, 4) is 11.5 Å². The normalized spacial score (nSPS) is 12.1. The SMILES string of the molecule is Cc1ccc(OC[Si](C)(C)O[Si](C)(C)COc2ccc(C)cc2)cc1. The maximum absolute atomic E-state index is 6.54. The molecule has 0 aromatic heterocycles. The molecule has 0 N–H and O–H groups in total. The van der Waals surface area contributed by atoms with E-state index in [1.165, 1.54) is 11.1 Å². The standard InChI is InChI=1S/C20H30O3Si2/c1-17-7-11-19(12-8-17)21-15-24(3,4)23-25(5,6)16-22-20-13-9-18(2)10-14-20/h7-14H,15-16H2,1-6H3. The van der Waals surface area contributed by atoms with Gasteiger partial charge in [-0.3, -0.25) is 0 Å². The first-order chi connectivity index (χ1) is 11.7. The van der Waals surface area contributed by atoms with Crippen molar-refractivity contribution >= 4 is 16.6 Å². The molecule has 0 heterocycles. The fourth-order valence-electron chi connectivity index (χ4n) is 2.59. The molecule has 0 saturated heterocycles. The monoisotopic (exact) mass is 374 g/mol. The highest BCUT2D eigenvalue weighted by Gasteiger charge is 2.34. The minimum atomic E-state index is -1.92. The minimum Gasteiger partial charge on any atom is -0.494 e. The molecule has 3 nitrogen and oxygen atoms in total. The van der Waals surface area contributed by atoms with Gasteiger partial charge in [0.1, 0.15) is 24.0 Å². The summed E-state index contributed by atoms with van der Waals surface area (Å²) < 4.78 is 18.5. The third-order valence-corrected chi connectivity index (χ3v) is 9.87. The summed E-state index contributed by atoms with van der Waals surface area (Å²) in [6, 6.07) is 16.3. The van der Waals surface area contributed by atoms with E-state index in [0.717, 1.165) is 11.5 Å². The summed E-state index contributed by atoms with van der Waals surface area (Å²) in [4.78, 5) is 0. The van der Waals surface area contributed by atoms with E-state index in [4.69, 9.17) is 13.6 Å². The van der Waals surface area contributed by atoms with Crippen LogP contribution in [0.5, 0.6) is 11.5 Å². The molecule has 0 bridgehead atoms. The Hall–Kier alpha value is -1.57. The van der Waals surface area contributed by atoms with E-state index in [1.54, 1.807) is 0 Å². The molecule has 5 heteroatoms. The summed E-state index contributed by atoms with van der Waals surface area (Å²) in [5, 5.41) is 0. The molecule has 0 saturated carbocycles. The predicted molar refractivity (Wildman–Crippen MR) is 109 cm³/mol. The molecule has 0 amide bonds. The Bertz CT molecular complexity index is 605. The largest absolute Gasteiger partial charge is 0.494 e. The Labute approximate surface area is 154 Å². The summed E-state index contributed by atoms with van der Waals surface area (Å²) in [6.45, 7) is 13.0. The van der Waals surface area contributed by atoms with Crippen molar-refractivity contribution in [1.82, 2.24) is 0 Å². The lowest BCUT2D eigenvalue weighted by atomic mass is 10.2. The van der Waals surface area contributed by atoms with E-state index in [1.807, 2.05) is 24.3 Å². The van der Waals surface area contributed by atoms with Crippen LogP contribution >= 0.6 is 0 Å². The van der Waals surface area contributed by atoms with Crippen molar-refractivity contribution in [3.05, 3.63) is 59.7 Å². The van der Waals surface area contributed by atoms with E-state index in [0.29, 0.717) is 12.5 Å². The van der Waals surface area contributed by atoms with Crippen molar-refractivity contribution < 1.29 is 13.6 Å². The van der Waals surface area contributed by atoms with Crippen LogP contribution in [0, 0.1) is 13.8 Å². The van der Waals surface area contributed by atoms with Gasteiger partial charge in [-0.05, 0) is 64.3 Å². The summed E-state index contributed by atoms with van der Waals surface area (Å²) >= 11 is 0. The highest BCUT2D eigenvalue weighted by molar-refractivity contribution is 6.84. The molecule has 25 heavy (non-hydrogen) atoms. The second-order valence-corrected chi connectivity index (χ2v) is 16.3. The second kappa shape index (κ2) is 8.21. The second-order valence-electron chi connectivity index (χ2n) is 7.82. The van der Waals surface area contributed by atoms with Gasteiger partial charge in [0.15, 0.2) is 0 Å². The van der Waals surface area contributed by atoms with Gasteiger partial charge in [0.2, 0.25) is 16.6 Å². The fraction of sp³-hybridized carbons (Fsp3) is 0.400. The number of hydrogen-bond donors (Lipinski definition) is 0. The molecular weight excluding hydrogens is 344 g/mol. The van der Waals surface area contributed by atoms with Gasteiger partial charge in [-0.15, -0.1) is 0 Å². The average Bonchev–Trinajstić information content (AvgIpc) is 2.53. The van der Waals surface area contributed by atoms with Crippen LogP contribution in [0.4, 0.5) is 0 Å². The van der Waals surface area contributed by atoms with Crippen molar-refractivity contribution in [2.24, 2.45) is 0 Å². The van der Waals surface area contributed by atoms with Crippen LogP contribution < -0.4 is 9.47 Å². The van der Waals surface area contributed by atoms with E-state index >= 15 is 0 Å². The van der Waals surface area contributed by atoms with Gasteiger partial charge in [0.25, 0.3) is 0 Å². The fourth-order valence-corrected chi connectivity index (χ4v) is 10.1. The van der Waals surface area contributed by atoms with Crippen LogP contribution in [0.1, 0.15) is 11.1 Å². The van der Waals surface area contributed by atoms with Gasteiger partial charge >= 0.3 is 0 Å². The first kappa shape index (κ1) is 19.8. The molecule has 0 aliphatic heterocycles. The van der Waals surface area contributed by atoms with Crippen LogP contribution in [0.25, 0.3) is 0 Å². The van der Waals surface area contributed by atoms with Crippen LogP contribution in [0.2, 0.25) is 26.2 Å². The third-order valence-electron chi connectivity index (χ3n) is 3.77. The average molecular weight is 375 g/mol. The molecule has 2 aromatic rings. The predicted octanol–water partition coefficient (Wildman–Crippen LogP) is 5.27. The molecule has 0 fully saturated rings. The summed E-state index contributed by atoms with van der Waals surface area (Å²) in [7, 11) is -3.85.